The number of halogens is 2. The molecule has 236 valence electrons. The monoisotopic (exact) mass is 746 g/mol. The van der Waals surface area contributed by atoms with E-state index in [4.69, 9.17) is 0 Å². The maximum atomic E-state index is 2.76. The molecule has 0 amide bonds. The van der Waals surface area contributed by atoms with Gasteiger partial charge in [-0.25, -0.2) is 0 Å². The molecule has 0 radical (unpaired) electrons. The van der Waals surface area contributed by atoms with Crippen molar-refractivity contribution in [3.8, 4) is 22.3 Å². The molecular weight excluding hydrogens is 707 g/mol. The molecule has 4 heteroatoms. The van der Waals surface area contributed by atoms with Crippen molar-refractivity contribution >= 4 is 65.4 Å². The fraction of sp³-hybridized carbons (Fsp3) is 0.163. The molecule has 0 saturated carbocycles. The number of hydrogen-bond donors (Lipinski definition) is 0. The average molecular weight is 749 g/mol. The standard InChI is InChI=1S/C21H17.C20H15.2CH3.2ClH.H2Si.Zr/c1-2-15-13-17-9-6-12-20(21(17)14-15)19-11-5-8-16-7-3-4-10-18(16)19;1-14-12-16-8-5-11-19(20(16)13-14)18-10-4-7-15-6-2-3-9-17(15)18;;;;;;/h3-14H,2H2,1H3;2-13H,1H3;2*1H3;2*1H;1H2;. The van der Waals surface area contributed by atoms with Crippen LogP contribution < -0.4 is 0 Å². The molecule has 0 aromatic heterocycles. The van der Waals surface area contributed by atoms with Gasteiger partial charge in [0.15, 0.2) is 0 Å². The number of fused-ring (bicyclic) bond motifs is 4. The van der Waals surface area contributed by atoms with E-state index in [-0.39, 0.29) is 24.8 Å². The third kappa shape index (κ3) is 5.28. The van der Waals surface area contributed by atoms with E-state index in [1.807, 2.05) is 0 Å². The molecule has 0 heterocycles. The summed E-state index contributed by atoms with van der Waals surface area (Å²) >= 11 is -3.66. The summed E-state index contributed by atoms with van der Waals surface area (Å²) in [5.74, 6) is 0. The number of hydrogen-bond acceptors (Lipinski definition) is 0. The van der Waals surface area contributed by atoms with Gasteiger partial charge < -0.3 is 0 Å². The molecule has 0 aliphatic heterocycles. The van der Waals surface area contributed by atoms with Crippen LogP contribution in [-0.4, -0.2) is 6.88 Å². The van der Waals surface area contributed by atoms with Crippen molar-refractivity contribution < 1.29 is 17.4 Å². The van der Waals surface area contributed by atoms with Crippen LogP contribution in [0, 0.1) is 0 Å². The van der Waals surface area contributed by atoms with Gasteiger partial charge in [0.05, 0.1) is 0 Å². The third-order valence-corrected chi connectivity index (χ3v) is 28.6. The molecule has 2 aliphatic rings. The summed E-state index contributed by atoms with van der Waals surface area (Å²) < 4.78 is 6.53. The number of allylic oxidation sites excluding steroid dienone is 2. The van der Waals surface area contributed by atoms with Crippen LogP contribution in [0.3, 0.4) is 0 Å². The summed E-state index contributed by atoms with van der Waals surface area (Å²) in [5, 5.41) is 5.28. The van der Waals surface area contributed by atoms with Gasteiger partial charge in [0, 0.05) is 0 Å². The normalized spacial score (nSPS) is 17.0. The summed E-state index contributed by atoms with van der Waals surface area (Å²) in [6, 6.07) is 45.5. The topological polar surface area (TPSA) is 0 Å². The minimum Gasteiger partial charge on any atom is -0.147 e. The summed E-state index contributed by atoms with van der Waals surface area (Å²) in [6.45, 7) is 7.24. The van der Waals surface area contributed by atoms with Crippen LogP contribution in [0.2, 0.25) is 9.26 Å². The summed E-state index contributed by atoms with van der Waals surface area (Å²) in [7, 11) is 0. The van der Waals surface area contributed by atoms with Crippen LogP contribution in [-0.2, 0) is 17.4 Å². The van der Waals surface area contributed by atoms with E-state index in [0.29, 0.717) is 7.25 Å². The van der Waals surface area contributed by atoms with Gasteiger partial charge in [0.25, 0.3) is 0 Å². The van der Waals surface area contributed by atoms with Gasteiger partial charge in [-0.1, -0.05) is 0 Å². The third-order valence-electron chi connectivity index (χ3n) is 10.9. The fourth-order valence-corrected chi connectivity index (χ4v) is 30.0. The van der Waals surface area contributed by atoms with Gasteiger partial charge in [0.1, 0.15) is 0 Å². The van der Waals surface area contributed by atoms with E-state index in [0.717, 1.165) is 6.42 Å². The first-order valence-electron chi connectivity index (χ1n) is 16.4. The second-order valence-corrected chi connectivity index (χ2v) is 44.9. The molecule has 0 N–H and O–H groups in total. The minimum atomic E-state index is -3.66. The van der Waals surface area contributed by atoms with Crippen LogP contribution in [0.25, 0.3) is 56.0 Å². The molecule has 0 nitrogen and oxygen atoms in total. The van der Waals surface area contributed by atoms with E-state index in [1.54, 1.807) is 22.3 Å². The zero-order valence-electron chi connectivity index (χ0n) is 27.6. The predicted molar refractivity (Wildman–Crippen MR) is 211 cm³/mol. The quantitative estimate of drug-likeness (QED) is 0.154. The van der Waals surface area contributed by atoms with Gasteiger partial charge in [0.2, 0.25) is 0 Å². The van der Waals surface area contributed by atoms with Crippen LogP contribution in [0.4, 0.5) is 0 Å². The second-order valence-electron chi connectivity index (χ2n) is 14.4. The molecule has 47 heavy (non-hydrogen) atoms. The summed E-state index contributed by atoms with van der Waals surface area (Å²) in [5.41, 5.74) is 14.6. The first-order chi connectivity index (χ1) is 21.7. The molecule has 0 saturated heterocycles. The van der Waals surface area contributed by atoms with E-state index in [2.05, 4.69) is 163 Å². The Hall–Kier alpha value is -3.00. The van der Waals surface area contributed by atoms with Gasteiger partial charge in [-0.15, -0.1) is 24.8 Å². The summed E-state index contributed by atoms with van der Waals surface area (Å²) in [6.07, 6.45) is 6.23. The predicted octanol–water partition coefficient (Wildman–Crippen LogP) is 12.5. The first kappa shape index (κ1) is 33.9. The zero-order valence-corrected chi connectivity index (χ0v) is 33.1. The van der Waals surface area contributed by atoms with E-state index in [9.17, 15) is 0 Å². The second kappa shape index (κ2) is 12.5. The Labute approximate surface area is 294 Å². The Morgan fingerprint density at radius 3 is 1.49 bits per heavy atom. The van der Waals surface area contributed by atoms with Crippen molar-refractivity contribution in [3.05, 3.63) is 155 Å². The fourth-order valence-electron chi connectivity index (χ4n) is 9.26. The Kier molecular flexibility index (Phi) is 8.99. The van der Waals surface area contributed by atoms with Crippen molar-refractivity contribution in [1.82, 2.24) is 0 Å². The van der Waals surface area contributed by atoms with Crippen molar-refractivity contribution in [3.63, 3.8) is 0 Å². The van der Waals surface area contributed by atoms with Gasteiger partial charge in [-0.05, 0) is 0 Å². The molecule has 0 spiro atoms. The van der Waals surface area contributed by atoms with E-state index in [1.165, 1.54) is 54.9 Å². The maximum absolute atomic E-state index is 3.66. The van der Waals surface area contributed by atoms with Crippen LogP contribution >= 0.6 is 24.8 Å². The van der Waals surface area contributed by atoms with Crippen LogP contribution in [0.15, 0.2) is 132 Å². The SMILES string of the molecule is CCC1=Cc2c(-c3cccc4ccccc34)cccc2[CH]1[Zr]([CH3])([CH3])(=[SiH2])[CH]1C(C)=Cc2c(-c3cccc4ccccc34)cccc21.Cl.Cl. The molecule has 2 unspecified atom stereocenters. The van der Waals surface area contributed by atoms with E-state index >= 15 is 0 Å². The summed E-state index contributed by atoms with van der Waals surface area (Å²) in [4.78, 5) is 0. The van der Waals surface area contributed by atoms with Crippen LogP contribution in [0.1, 0.15) is 49.8 Å². The molecular formula is C43H42Cl2SiZr. The number of rotatable bonds is 5. The molecule has 2 aliphatic carbocycles. The maximum Gasteiger partial charge on any atom is -0.147 e. The Balaban J connectivity index is 0.00000193. The molecule has 0 fully saturated rings. The van der Waals surface area contributed by atoms with Gasteiger partial charge >= 0.3 is 272 Å². The van der Waals surface area contributed by atoms with Crippen LogP contribution in [0.5, 0.6) is 0 Å². The van der Waals surface area contributed by atoms with Crippen molar-refractivity contribution in [2.75, 3.05) is 0 Å². The van der Waals surface area contributed by atoms with Crippen molar-refractivity contribution in [1.29, 1.82) is 0 Å². The molecule has 6 aromatic carbocycles. The Bertz CT molecular complexity index is 2310. The van der Waals surface area contributed by atoms with Crippen molar-refractivity contribution in [2.45, 2.75) is 36.8 Å². The molecule has 0 bridgehead atoms. The van der Waals surface area contributed by atoms with Crippen molar-refractivity contribution in [2.24, 2.45) is 0 Å². The smallest absolute Gasteiger partial charge is 0.147 e. The van der Waals surface area contributed by atoms with E-state index < -0.39 is 17.4 Å². The van der Waals surface area contributed by atoms with Gasteiger partial charge in [-0.3, -0.25) is 0 Å². The molecule has 6 aromatic rings. The molecule has 2 atom stereocenters. The largest absolute Gasteiger partial charge is 0.147 e. The van der Waals surface area contributed by atoms with Gasteiger partial charge in [-0.2, -0.15) is 0 Å². The first-order valence-corrected chi connectivity index (χ1v) is 30.1. The Morgan fingerprint density at radius 2 is 0.957 bits per heavy atom. The average Bonchev–Trinajstić information content (AvgIpc) is 3.63. The minimum absolute atomic E-state index is 0. The zero-order chi connectivity index (χ0) is 30.9. The number of benzene rings is 6. The molecule has 8 rings (SSSR count). The Morgan fingerprint density at radius 1 is 0.532 bits per heavy atom.